The van der Waals surface area contributed by atoms with Crippen LogP contribution in [0.1, 0.15) is 19.8 Å². The second-order valence-electron chi connectivity index (χ2n) is 6.17. The number of likely N-dealkylation sites (tertiary alicyclic amines) is 1. The molecule has 4 heteroatoms. The lowest BCUT2D eigenvalue weighted by molar-refractivity contribution is 0.337. The maximum absolute atomic E-state index is 13.3. The molecule has 0 bridgehead atoms. The average molecular weight is 316 g/mol. The van der Waals surface area contributed by atoms with Crippen molar-refractivity contribution in [1.82, 2.24) is 4.90 Å². The van der Waals surface area contributed by atoms with Crippen molar-refractivity contribution in [2.75, 3.05) is 25.0 Å². The number of benzene rings is 2. The van der Waals surface area contributed by atoms with E-state index in [4.69, 9.17) is 0 Å². The van der Waals surface area contributed by atoms with E-state index in [1.165, 1.54) is 18.6 Å². The molecular weight excluding hydrogens is 294 g/mol. The molecule has 0 spiro atoms. The molecule has 2 aromatic carbocycles. The molecule has 3 rings (SSSR count). The molecule has 1 saturated heterocycles. The smallest absolute Gasteiger partial charge is 0.126 e. The van der Waals surface area contributed by atoms with E-state index in [1.54, 1.807) is 0 Å². The summed E-state index contributed by atoms with van der Waals surface area (Å²) in [5, 5.41) is 3.54. The van der Waals surface area contributed by atoms with Gasteiger partial charge in [0.2, 0.25) is 0 Å². The Morgan fingerprint density at radius 3 is 2.39 bits per heavy atom. The van der Waals surface area contributed by atoms with E-state index in [9.17, 15) is 8.78 Å². The Morgan fingerprint density at radius 2 is 1.74 bits per heavy atom. The lowest BCUT2D eigenvalue weighted by Gasteiger charge is -2.16. The summed E-state index contributed by atoms with van der Waals surface area (Å²) in [7, 11) is 0. The van der Waals surface area contributed by atoms with Crippen LogP contribution in [0.2, 0.25) is 0 Å². The summed E-state index contributed by atoms with van der Waals surface area (Å²) in [5.74, 6) is -1.10. The zero-order valence-electron chi connectivity index (χ0n) is 13.4. The van der Waals surface area contributed by atoms with E-state index < -0.39 is 11.6 Å². The Balaban J connectivity index is 1.65. The molecule has 1 aliphatic heterocycles. The molecule has 1 unspecified atom stereocenters. The molecule has 1 fully saturated rings. The minimum Gasteiger partial charge on any atom is -0.381 e. The van der Waals surface area contributed by atoms with Crippen LogP contribution in [0, 0.1) is 11.6 Å². The third-order valence-corrected chi connectivity index (χ3v) is 4.26. The van der Waals surface area contributed by atoms with Crippen molar-refractivity contribution in [3.05, 3.63) is 54.1 Å². The minimum absolute atomic E-state index is 0.471. The number of nitrogens with zero attached hydrogens (tertiary/aromatic N) is 1. The standard InChI is InChI=1S/C19H22F2N2/c1-2-8-23-9-7-19(13-23)22-18-5-3-14(4-6-18)15-10-16(20)12-17(21)11-15/h3-6,10-12,19,22H,2,7-9,13H2,1H3. The van der Waals surface area contributed by atoms with Crippen LogP contribution in [0.25, 0.3) is 11.1 Å². The first-order valence-corrected chi connectivity index (χ1v) is 8.19. The average Bonchev–Trinajstić information content (AvgIpc) is 2.95. The highest BCUT2D eigenvalue weighted by molar-refractivity contribution is 5.66. The molecule has 1 heterocycles. The van der Waals surface area contributed by atoms with Gasteiger partial charge in [-0.05, 0) is 54.8 Å². The van der Waals surface area contributed by atoms with Crippen LogP contribution < -0.4 is 5.32 Å². The fourth-order valence-electron chi connectivity index (χ4n) is 3.18. The molecule has 2 nitrogen and oxygen atoms in total. The van der Waals surface area contributed by atoms with Gasteiger partial charge < -0.3 is 10.2 Å². The number of rotatable bonds is 5. The summed E-state index contributed by atoms with van der Waals surface area (Å²) in [4.78, 5) is 2.47. The minimum atomic E-state index is -0.552. The van der Waals surface area contributed by atoms with Crippen LogP contribution in [0.4, 0.5) is 14.5 Å². The van der Waals surface area contributed by atoms with E-state index in [0.29, 0.717) is 11.6 Å². The van der Waals surface area contributed by atoms with E-state index >= 15 is 0 Å². The van der Waals surface area contributed by atoms with Crippen molar-refractivity contribution < 1.29 is 8.78 Å². The van der Waals surface area contributed by atoms with Crippen LogP contribution in [0.3, 0.4) is 0 Å². The maximum atomic E-state index is 13.3. The van der Waals surface area contributed by atoms with Gasteiger partial charge in [0.1, 0.15) is 11.6 Å². The van der Waals surface area contributed by atoms with Crippen LogP contribution >= 0.6 is 0 Å². The maximum Gasteiger partial charge on any atom is 0.126 e. The van der Waals surface area contributed by atoms with Crippen LogP contribution in [0.15, 0.2) is 42.5 Å². The van der Waals surface area contributed by atoms with Crippen molar-refractivity contribution in [3.8, 4) is 11.1 Å². The van der Waals surface area contributed by atoms with Gasteiger partial charge in [0.25, 0.3) is 0 Å². The Kier molecular flexibility index (Phi) is 4.91. The van der Waals surface area contributed by atoms with Crippen molar-refractivity contribution in [1.29, 1.82) is 0 Å². The summed E-state index contributed by atoms with van der Waals surface area (Å²) < 4.78 is 26.6. The zero-order valence-corrected chi connectivity index (χ0v) is 13.4. The predicted octanol–water partition coefficient (Wildman–Crippen LogP) is 4.53. The summed E-state index contributed by atoms with van der Waals surface area (Å²) in [6.45, 7) is 5.58. The van der Waals surface area contributed by atoms with Crippen LogP contribution in [-0.2, 0) is 0 Å². The molecule has 0 amide bonds. The number of halogens is 2. The third-order valence-electron chi connectivity index (χ3n) is 4.26. The van der Waals surface area contributed by atoms with Crippen molar-refractivity contribution >= 4 is 5.69 Å². The molecule has 2 aromatic rings. The summed E-state index contributed by atoms with van der Waals surface area (Å²) in [6, 6.07) is 11.8. The van der Waals surface area contributed by atoms with Gasteiger partial charge in [0.05, 0.1) is 0 Å². The zero-order chi connectivity index (χ0) is 16.2. The first-order valence-electron chi connectivity index (χ1n) is 8.19. The summed E-state index contributed by atoms with van der Waals surface area (Å²) >= 11 is 0. The first kappa shape index (κ1) is 15.9. The van der Waals surface area contributed by atoms with Crippen LogP contribution in [-0.4, -0.2) is 30.6 Å². The summed E-state index contributed by atoms with van der Waals surface area (Å²) in [5.41, 5.74) is 2.42. The van der Waals surface area contributed by atoms with Crippen molar-refractivity contribution in [2.45, 2.75) is 25.8 Å². The second-order valence-corrected chi connectivity index (χ2v) is 6.17. The quantitative estimate of drug-likeness (QED) is 0.872. The Labute approximate surface area is 136 Å². The topological polar surface area (TPSA) is 15.3 Å². The highest BCUT2D eigenvalue weighted by Crippen LogP contribution is 2.24. The van der Waals surface area contributed by atoms with E-state index in [2.05, 4.69) is 17.1 Å². The van der Waals surface area contributed by atoms with Gasteiger partial charge in [0, 0.05) is 30.9 Å². The lowest BCUT2D eigenvalue weighted by Crippen LogP contribution is -2.26. The SMILES string of the molecule is CCCN1CCC(Nc2ccc(-c3cc(F)cc(F)c3)cc2)C1. The fourth-order valence-corrected chi connectivity index (χ4v) is 3.18. The molecule has 0 radical (unpaired) electrons. The van der Waals surface area contributed by atoms with Crippen molar-refractivity contribution in [3.63, 3.8) is 0 Å². The number of nitrogens with one attached hydrogen (secondary N) is 1. The van der Waals surface area contributed by atoms with Crippen LogP contribution in [0.5, 0.6) is 0 Å². The van der Waals surface area contributed by atoms with Gasteiger partial charge in [-0.2, -0.15) is 0 Å². The van der Waals surface area contributed by atoms with Gasteiger partial charge in [-0.1, -0.05) is 19.1 Å². The monoisotopic (exact) mass is 316 g/mol. The molecule has 0 saturated carbocycles. The second kappa shape index (κ2) is 7.09. The molecular formula is C19H22F2N2. The highest BCUT2D eigenvalue weighted by Gasteiger charge is 2.21. The number of hydrogen-bond donors (Lipinski definition) is 1. The molecule has 122 valence electrons. The van der Waals surface area contributed by atoms with Gasteiger partial charge in [0.15, 0.2) is 0 Å². The molecule has 1 N–H and O–H groups in total. The number of hydrogen-bond acceptors (Lipinski definition) is 2. The Hall–Kier alpha value is -1.94. The van der Waals surface area contributed by atoms with E-state index in [1.807, 2.05) is 24.3 Å². The third kappa shape index (κ3) is 4.08. The fraction of sp³-hybridized carbons (Fsp3) is 0.368. The highest BCUT2D eigenvalue weighted by atomic mass is 19.1. The van der Waals surface area contributed by atoms with Gasteiger partial charge in [-0.25, -0.2) is 8.78 Å². The normalized spacial score (nSPS) is 18.3. The largest absolute Gasteiger partial charge is 0.381 e. The molecule has 0 aromatic heterocycles. The molecule has 23 heavy (non-hydrogen) atoms. The van der Waals surface area contributed by atoms with Gasteiger partial charge in [-0.3, -0.25) is 0 Å². The predicted molar refractivity (Wildman–Crippen MR) is 90.6 cm³/mol. The van der Waals surface area contributed by atoms with Gasteiger partial charge in [-0.15, -0.1) is 0 Å². The number of anilines is 1. The molecule has 1 atom stereocenters. The van der Waals surface area contributed by atoms with E-state index in [-0.39, 0.29) is 0 Å². The molecule has 1 aliphatic rings. The summed E-state index contributed by atoms with van der Waals surface area (Å²) in [6.07, 6.45) is 2.34. The lowest BCUT2D eigenvalue weighted by atomic mass is 10.0. The molecule has 0 aliphatic carbocycles. The van der Waals surface area contributed by atoms with Gasteiger partial charge >= 0.3 is 0 Å². The van der Waals surface area contributed by atoms with Crippen molar-refractivity contribution in [2.24, 2.45) is 0 Å². The van der Waals surface area contributed by atoms with E-state index in [0.717, 1.165) is 43.4 Å². The first-order chi connectivity index (χ1) is 11.1. The Bertz CT molecular complexity index is 635. The Morgan fingerprint density at radius 1 is 1.04 bits per heavy atom.